The first-order valence-electron chi connectivity index (χ1n) is 9.78. The minimum atomic E-state index is 0.268. The van der Waals surface area contributed by atoms with Gasteiger partial charge in [-0.05, 0) is 43.9 Å². The quantitative estimate of drug-likeness (QED) is 0.565. The largest absolute Gasteiger partial charge is 0.497 e. The molecular formula is C24H29N3O2. The highest BCUT2D eigenvalue weighted by Gasteiger charge is 2.14. The number of rotatable bonds is 10. The summed E-state index contributed by atoms with van der Waals surface area (Å²) < 4.78 is 11.3. The maximum absolute atomic E-state index is 6.03. The molecule has 1 N–H and O–H groups in total. The lowest BCUT2D eigenvalue weighted by Crippen LogP contribution is -2.30. The second kappa shape index (κ2) is 10.6. The van der Waals surface area contributed by atoms with Crippen molar-refractivity contribution in [3.63, 3.8) is 0 Å². The highest BCUT2D eigenvalue weighted by molar-refractivity contribution is 5.34. The minimum Gasteiger partial charge on any atom is -0.497 e. The molecule has 152 valence electrons. The summed E-state index contributed by atoms with van der Waals surface area (Å²) in [4.78, 5) is 6.36. The van der Waals surface area contributed by atoms with Gasteiger partial charge < -0.3 is 19.7 Å². The lowest BCUT2D eigenvalue weighted by Gasteiger charge is -2.25. The van der Waals surface area contributed by atoms with Gasteiger partial charge in [0.05, 0.1) is 7.11 Å². The topological polar surface area (TPSA) is 46.6 Å². The van der Waals surface area contributed by atoms with Crippen molar-refractivity contribution in [3.8, 4) is 11.5 Å². The van der Waals surface area contributed by atoms with Gasteiger partial charge in [-0.15, -0.1) is 0 Å². The van der Waals surface area contributed by atoms with Crippen molar-refractivity contribution in [2.45, 2.75) is 19.2 Å². The lowest BCUT2D eigenvalue weighted by molar-refractivity contribution is 0.284. The van der Waals surface area contributed by atoms with Gasteiger partial charge in [-0.3, -0.25) is 4.98 Å². The number of hydrogen-bond donors (Lipinski definition) is 1. The fourth-order valence-corrected chi connectivity index (χ4v) is 3.20. The van der Waals surface area contributed by atoms with Crippen LogP contribution in [0.4, 0.5) is 0 Å². The Balaban J connectivity index is 1.59. The van der Waals surface area contributed by atoms with E-state index in [-0.39, 0.29) is 6.04 Å². The summed E-state index contributed by atoms with van der Waals surface area (Å²) in [6, 6.07) is 20.6. The van der Waals surface area contributed by atoms with Crippen LogP contribution < -0.4 is 14.8 Å². The first-order chi connectivity index (χ1) is 14.2. The van der Waals surface area contributed by atoms with Crippen LogP contribution in [0.3, 0.4) is 0 Å². The molecule has 0 aliphatic heterocycles. The van der Waals surface area contributed by atoms with Crippen LogP contribution in [0.25, 0.3) is 0 Å². The average Bonchev–Trinajstić information content (AvgIpc) is 2.76. The molecule has 1 heterocycles. The van der Waals surface area contributed by atoms with Gasteiger partial charge in [0, 0.05) is 42.7 Å². The third-order valence-corrected chi connectivity index (χ3v) is 4.87. The van der Waals surface area contributed by atoms with Gasteiger partial charge in [-0.25, -0.2) is 0 Å². The summed E-state index contributed by atoms with van der Waals surface area (Å²) >= 11 is 0. The number of likely N-dealkylation sites (N-methyl/N-ethyl adjacent to an activating group) is 1. The Bertz CT molecular complexity index is 867. The molecule has 0 bridgehead atoms. The van der Waals surface area contributed by atoms with E-state index in [4.69, 9.17) is 9.47 Å². The highest BCUT2D eigenvalue weighted by Crippen LogP contribution is 2.22. The van der Waals surface area contributed by atoms with Gasteiger partial charge in [0.25, 0.3) is 0 Å². The van der Waals surface area contributed by atoms with Crippen LogP contribution in [0.15, 0.2) is 73.1 Å². The van der Waals surface area contributed by atoms with Crippen molar-refractivity contribution >= 4 is 0 Å². The Morgan fingerprint density at radius 2 is 1.79 bits per heavy atom. The van der Waals surface area contributed by atoms with E-state index in [0.717, 1.165) is 35.7 Å². The molecule has 0 amide bonds. The Morgan fingerprint density at radius 1 is 1.00 bits per heavy atom. The van der Waals surface area contributed by atoms with Crippen LogP contribution in [0, 0.1) is 0 Å². The standard InChI is InChI=1S/C24H29N3O2/c1-27(2)23(20-10-12-22(28-3)13-11-20)17-26-16-21-8-4-5-9-24(21)29-18-19-7-6-14-25-15-19/h4-15,23,26H,16-18H2,1-3H3. The van der Waals surface area contributed by atoms with E-state index >= 15 is 0 Å². The van der Waals surface area contributed by atoms with E-state index in [9.17, 15) is 0 Å². The van der Waals surface area contributed by atoms with Crippen molar-refractivity contribution in [2.75, 3.05) is 27.7 Å². The Hall–Kier alpha value is -2.89. The summed E-state index contributed by atoms with van der Waals surface area (Å²) in [6.45, 7) is 2.08. The molecule has 0 radical (unpaired) electrons. The number of methoxy groups -OCH3 is 1. The van der Waals surface area contributed by atoms with Crippen molar-refractivity contribution < 1.29 is 9.47 Å². The molecule has 1 atom stereocenters. The second-order valence-corrected chi connectivity index (χ2v) is 7.14. The van der Waals surface area contributed by atoms with Gasteiger partial charge in [-0.1, -0.05) is 36.4 Å². The van der Waals surface area contributed by atoms with Crippen LogP contribution in [0.2, 0.25) is 0 Å². The summed E-state index contributed by atoms with van der Waals surface area (Å²) in [5.41, 5.74) is 3.45. The maximum atomic E-state index is 6.03. The summed E-state index contributed by atoms with van der Waals surface area (Å²) in [6.07, 6.45) is 3.60. The van der Waals surface area contributed by atoms with Gasteiger partial charge >= 0.3 is 0 Å². The first-order valence-corrected chi connectivity index (χ1v) is 9.78. The van der Waals surface area contributed by atoms with E-state index in [0.29, 0.717) is 6.61 Å². The number of nitrogens with zero attached hydrogens (tertiary/aromatic N) is 2. The third kappa shape index (κ3) is 6.04. The van der Waals surface area contributed by atoms with E-state index in [1.54, 1.807) is 13.3 Å². The predicted octanol–water partition coefficient (Wildman–Crippen LogP) is 4.06. The molecule has 0 spiro atoms. The molecule has 0 saturated heterocycles. The summed E-state index contributed by atoms with van der Waals surface area (Å²) in [5, 5.41) is 3.58. The summed E-state index contributed by atoms with van der Waals surface area (Å²) in [5.74, 6) is 1.77. The molecule has 3 aromatic rings. The Morgan fingerprint density at radius 3 is 2.48 bits per heavy atom. The van der Waals surface area contributed by atoms with Crippen molar-refractivity contribution in [1.82, 2.24) is 15.2 Å². The zero-order valence-electron chi connectivity index (χ0n) is 17.3. The number of pyridine rings is 1. The number of nitrogens with one attached hydrogen (secondary N) is 1. The monoisotopic (exact) mass is 391 g/mol. The van der Waals surface area contributed by atoms with Crippen LogP contribution in [0.1, 0.15) is 22.7 Å². The van der Waals surface area contributed by atoms with Crippen LogP contribution in [-0.4, -0.2) is 37.6 Å². The minimum absolute atomic E-state index is 0.268. The molecule has 29 heavy (non-hydrogen) atoms. The summed E-state index contributed by atoms with van der Waals surface area (Å²) in [7, 11) is 5.89. The van der Waals surface area contributed by atoms with Crippen LogP contribution >= 0.6 is 0 Å². The van der Waals surface area contributed by atoms with Crippen LogP contribution in [-0.2, 0) is 13.2 Å². The van der Waals surface area contributed by atoms with Crippen LogP contribution in [0.5, 0.6) is 11.5 Å². The van der Waals surface area contributed by atoms with E-state index in [1.807, 2.05) is 48.7 Å². The molecule has 0 aliphatic rings. The molecule has 0 saturated carbocycles. The molecule has 3 rings (SSSR count). The molecule has 0 aliphatic carbocycles. The predicted molar refractivity (Wildman–Crippen MR) is 116 cm³/mol. The van der Waals surface area contributed by atoms with Gasteiger partial charge in [0.15, 0.2) is 0 Å². The fraction of sp³-hybridized carbons (Fsp3) is 0.292. The fourth-order valence-electron chi connectivity index (χ4n) is 3.20. The lowest BCUT2D eigenvalue weighted by atomic mass is 10.1. The Kier molecular flexibility index (Phi) is 7.61. The second-order valence-electron chi connectivity index (χ2n) is 7.14. The zero-order valence-corrected chi connectivity index (χ0v) is 17.3. The SMILES string of the molecule is COc1ccc(C(CNCc2ccccc2OCc2cccnc2)N(C)C)cc1. The molecule has 2 aromatic carbocycles. The van der Waals surface area contributed by atoms with Gasteiger partial charge in [-0.2, -0.15) is 0 Å². The number of benzene rings is 2. The average molecular weight is 392 g/mol. The van der Waals surface area contributed by atoms with E-state index in [2.05, 4.69) is 47.5 Å². The smallest absolute Gasteiger partial charge is 0.124 e. The first kappa shape index (κ1) is 20.8. The number of aromatic nitrogens is 1. The maximum Gasteiger partial charge on any atom is 0.124 e. The normalized spacial score (nSPS) is 12.0. The Labute approximate surface area is 173 Å². The van der Waals surface area contributed by atoms with Crippen molar-refractivity contribution in [1.29, 1.82) is 0 Å². The number of ether oxygens (including phenoxy) is 2. The molecule has 5 nitrogen and oxygen atoms in total. The van der Waals surface area contributed by atoms with Gasteiger partial charge in [0.2, 0.25) is 0 Å². The van der Waals surface area contributed by atoms with Crippen molar-refractivity contribution in [2.24, 2.45) is 0 Å². The molecule has 1 aromatic heterocycles. The molecular weight excluding hydrogens is 362 g/mol. The third-order valence-electron chi connectivity index (χ3n) is 4.87. The van der Waals surface area contributed by atoms with Gasteiger partial charge in [0.1, 0.15) is 18.1 Å². The molecule has 0 fully saturated rings. The number of para-hydroxylation sites is 1. The van der Waals surface area contributed by atoms with E-state index in [1.165, 1.54) is 5.56 Å². The zero-order chi connectivity index (χ0) is 20.5. The molecule has 1 unspecified atom stereocenters. The van der Waals surface area contributed by atoms with Crippen molar-refractivity contribution in [3.05, 3.63) is 89.7 Å². The van der Waals surface area contributed by atoms with E-state index < -0.39 is 0 Å². The molecule has 5 heteroatoms. The highest BCUT2D eigenvalue weighted by atomic mass is 16.5. The number of hydrogen-bond acceptors (Lipinski definition) is 5.